The maximum absolute atomic E-state index is 13.4. The van der Waals surface area contributed by atoms with E-state index in [-0.39, 0.29) is 18.0 Å². The Kier molecular flexibility index (Phi) is 6.77. The van der Waals surface area contributed by atoms with Crippen LogP contribution >= 0.6 is 0 Å². The zero-order valence-electron chi connectivity index (χ0n) is 20.3. The molecule has 1 saturated carbocycles. The van der Waals surface area contributed by atoms with Crippen molar-refractivity contribution in [2.45, 2.75) is 84.5 Å². The van der Waals surface area contributed by atoms with E-state index in [4.69, 9.17) is 9.72 Å². The molecule has 2 aromatic rings. The van der Waals surface area contributed by atoms with Crippen LogP contribution in [-0.4, -0.2) is 44.6 Å². The molecule has 0 radical (unpaired) electrons. The van der Waals surface area contributed by atoms with Gasteiger partial charge in [0.05, 0.1) is 12.2 Å². The number of ether oxygens (including phenoxy) is 1. The molecule has 7 heteroatoms. The molecule has 1 aromatic carbocycles. The summed E-state index contributed by atoms with van der Waals surface area (Å²) in [5.41, 5.74) is 1.56. The van der Waals surface area contributed by atoms with Crippen LogP contribution in [0.4, 0.5) is 4.79 Å². The standard InChI is InChI=1S/C26H36N4O3/c1-18(19-11-7-5-8-12-19)27-24(31)22-21-17-29(25(32)33-26(2,3)4)15-16-30(21)23(28-22)20-13-9-6-10-14-20/h6,9-10,13-14,18-19H,5,7-8,11-12,15-17H2,1-4H3,(H,27,31)/t18-/m1/s1. The monoisotopic (exact) mass is 452 g/mol. The van der Waals surface area contributed by atoms with Crippen molar-refractivity contribution in [3.8, 4) is 11.4 Å². The van der Waals surface area contributed by atoms with Crippen LogP contribution in [0.5, 0.6) is 0 Å². The fourth-order valence-electron chi connectivity index (χ4n) is 4.87. The highest BCUT2D eigenvalue weighted by atomic mass is 16.6. The molecule has 33 heavy (non-hydrogen) atoms. The molecule has 1 aliphatic carbocycles. The summed E-state index contributed by atoms with van der Waals surface area (Å²) >= 11 is 0. The van der Waals surface area contributed by atoms with Crippen molar-refractivity contribution in [3.63, 3.8) is 0 Å². The number of hydrogen-bond donors (Lipinski definition) is 1. The molecule has 1 aromatic heterocycles. The quantitative estimate of drug-likeness (QED) is 0.708. The van der Waals surface area contributed by atoms with Crippen LogP contribution in [0.3, 0.4) is 0 Å². The van der Waals surface area contributed by atoms with Gasteiger partial charge in [-0.25, -0.2) is 9.78 Å². The van der Waals surface area contributed by atoms with Crippen molar-refractivity contribution in [3.05, 3.63) is 41.7 Å². The van der Waals surface area contributed by atoms with Crippen molar-refractivity contribution in [2.24, 2.45) is 5.92 Å². The lowest BCUT2D eigenvalue weighted by Gasteiger charge is -2.32. The van der Waals surface area contributed by atoms with Gasteiger partial charge in [0.1, 0.15) is 11.4 Å². The molecule has 0 saturated heterocycles. The maximum Gasteiger partial charge on any atom is 0.410 e. The Morgan fingerprint density at radius 3 is 2.45 bits per heavy atom. The summed E-state index contributed by atoms with van der Waals surface area (Å²) in [7, 11) is 0. The number of benzene rings is 1. The van der Waals surface area contributed by atoms with Crippen molar-refractivity contribution < 1.29 is 14.3 Å². The molecule has 0 spiro atoms. The van der Waals surface area contributed by atoms with Crippen molar-refractivity contribution in [1.82, 2.24) is 19.8 Å². The third-order valence-electron chi connectivity index (χ3n) is 6.62. The van der Waals surface area contributed by atoms with E-state index in [2.05, 4.69) is 16.8 Å². The van der Waals surface area contributed by atoms with Gasteiger partial charge < -0.3 is 19.5 Å². The first kappa shape index (κ1) is 23.3. The van der Waals surface area contributed by atoms with Crippen molar-refractivity contribution >= 4 is 12.0 Å². The maximum atomic E-state index is 13.4. The Morgan fingerprint density at radius 2 is 1.79 bits per heavy atom. The van der Waals surface area contributed by atoms with E-state index >= 15 is 0 Å². The smallest absolute Gasteiger partial charge is 0.410 e. The van der Waals surface area contributed by atoms with Crippen LogP contribution in [0.1, 0.15) is 76.0 Å². The molecule has 2 heterocycles. The molecule has 0 unspecified atom stereocenters. The van der Waals surface area contributed by atoms with Crippen LogP contribution in [0.15, 0.2) is 30.3 Å². The number of nitrogens with one attached hydrogen (secondary N) is 1. The zero-order valence-corrected chi connectivity index (χ0v) is 20.3. The Balaban J connectivity index is 1.62. The highest BCUT2D eigenvalue weighted by Crippen LogP contribution is 2.29. The van der Waals surface area contributed by atoms with Gasteiger partial charge in [-0.3, -0.25) is 4.79 Å². The van der Waals surface area contributed by atoms with E-state index in [1.165, 1.54) is 19.3 Å². The second-order valence-corrected chi connectivity index (χ2v) is 10.3. The number of nitrogens with zero attached hydrogens (tertiary/aromatic N) is 3. The first-order valence-electron chi connectivity index (χ1n) is 12.2. The average Bonchev–Trinajstić information content (AvgIpc) is 3.18. The Labute approximate surface area is 196 Å². The molecular weight excluding hydrogens is 416 g/mol. The fourth-order valence-corrected chi connectivity index (χ4v) is 4.87. The van der Waals surface area contributed by atoms with Crippen LogP contribution in [-0.2, 0) is 17.8 Å². The number of aromatic nitrogens is 2. The van der Waals surface area contributed by atoms with Crippen LogP contribution in [0, 0.1) is 5.92 Å². The fraction of sp³-hybridized carbons (Fsp3) is 0.577. The van der Waals surface area contributed by atoms with Gasteiger partial charge >= 0.3 is 6.09 Å². The van der Waals surface area contributed by atoms with Gasteiger partial charge in [-0.05, 0) is 46.5 Å². The van der Waals surface area contributed by atoms with Crippen LogP contribution in [0.2, 0.25) is 0 Å². The Bertz CT molecular complexity index is 987. The number of hydrogen-bond acceptors (Lipinski definition) is 4. The topological polar surface area (TPSA) is 76.5 Å². The van der Waals surface area contributed by atoms with E-state index in [1.54, 1.807) is 4.90 Å². The van der Waals surface area contributed by atoms with E-state index in [0.717, 1.165) is 29.9 Å². The van der Waals surface area contributed by atoms with Crippen molar-refractivity contribution in [1.29, 1.82) is 0 Å². The highest BCUT2D eigenvalue weighted by molar-refractivity contribution is 5.94. The minimum absolute atomic E-state index is 0.0980. The summed E-state index contributed by atoms with van der Waals surface area (Å²) in [6.07, 6.45) is 5.70. The summed E-state index contributed by atoms with van der Waals surface area (Å²) < 4.78 is 7.66. The zero-order chi connectivity index (χ0) is 23.6. The summed E-state index contributed by atoms with van der Waals surface area (Å²) in [6.45, 7) is 9.06. The second kappa shape index (κ2) is 9.57. The molecule has 1 atom stereocenters. The lowest BCUT2D eigenvalue weighted by atomic mass is 9.84. The van der Waals surface area contributed by atoms with Gasteiger partial charge in [0.15, 0.2) is 5.69 Å². The molecule has 2 amide bonds. The van der Waals surface area contributed by atoms with Gasteiger partial charge in [-0.1, -0.05) is 49.6 Å². The summed E-state index contributed by atoms with van der Waals surface area (Å²) in [5, 5.41) is 3.21. The Morgan fingerprint density at radius 1 is 1.09 bits per heavy atom. The Hall–Kier alpha value is -2.83. The van der Waals surface area contributed by atoms with E-state index in [1.807, 2.05) is 51.1 Å². The number of fused-ring (bicyclic) bond motifs is 1. The molecule has 2 aliphatic rings. The van der Waals surface area contributed by atoms with Gasteiger partial charge in [-0.2, -0.15) is 0 Å². The molecular formula is C26H36N4O3. The second-order valence-electron chi connectivity index (χ2n) is 10.3. The van der Waals surface area contributed by atoms with E-state index in [9.17, 15) is 9.59 Å². The number of amides is 2. The van der Waals surface area contributed by atoms with Gasteiger partial charge in [-0.15, -0.1) is 0 Å². The highest BCUT2D eigenvalue weighted by Gasteiger charge is 2.33. The van der Waals surface area contributed by atoms with Crippen LogP contribution < -0.4 is 5.32 Å². The molecule has 1 N–H and O–H groups in total. The third-order valence-corrected chi connectivity index (χ3v) is 6.62. The molecule has 1 aliphatic heterocycles. The lowest BCUT2D eigenvalue weighted by molar-refractivity contribution is 0.0198. The molecule has 0 bridgehead atoms. The van der Waals surface area contributed by atoms with E-state index < -0.39 is 5.60 Å². The molecule has 4 rings (SSSR count). The first-order valence-corrected chi connectivity index (χ1v) is 12.2. The number of carbonyl (C=O) groups is 2. The predicted molar refractivity (Wildman–Crippen MR) is 128 cm³/mol. The van der Waals surface area contributed by atoms with Crippen molar-refractivity contribution in [2.75, 3.05) is 6.54 Å². The number of carbonyl (C=O) groups excluding carboxylic acids is 2. The largest absolute Gasteiger partial charge is 0.444 e. The minimum Gasteiger partial charge on any atom is -0.444 e. The average molecular weight is 453 g/mol. The summed E-state index contributed by atoms with van der Waals surface area (Å²) in [6, 6.07) is 10.0. The summed E-state index contributed by atoms with van der Waals surface area (Å²) in [4.78, 5) is 32.6. The summed E-state index contributed by atoms with van der Waals surface area (Å²) in [5.74, 6) is 1.11. The van der Waals surface area contributed by atoms with E-state index in [0.29, 0.717) is 31.2 Å². The normalized spacial score (nSPS) is 17.9. The van der Waals surface area contributed by atoms with Crippen LogP contribution in [0.25, 0.3) is 11.4 Å². The van der Waals surface area contributed by atoms with Gasteiger partial charge in [0.2, 0.25) is 0 Å². The molecule has 178 valence electrons. The SMILES string of the molecule is C[C@@H](NC(=O)c1nc(-c2ccccc2)n2c1CN(C(=O)OC(C)(C)C)CC2)C1CCCCC1. The minimum atomic E-state index is -0.570. The molecule has 7 nitrogen and oxygen atoms in total. The van der Waals surface area contributed by atoms with Gasteiger partial charge in [0.25, 0.3) is 5.91 Å². The predicted octanol–water partition coefficient (Wildman–Crippen LogP) is 5.00. The number of imidazole rings is 1. The van der Waals surface area contributed by atoms with Gasteiger partial charge in [0, 0.05) is 24.7 Å². The third kappa shape index (κ3) is 5.40. The first-order chi connectivity index (χ1) is 15.7. The number of rotatable bonds is 4. The lowest BCUT2D eigenvalue weighted by Crippen LogP contribution is -2.43. The molecule has 1 fully saturated rings.